The number of hydrogen-bond donors (Lipinski definition) is 1. The van der Waals surface area contributed by atoms with Gasteiger partial charge in [0.05, 0.1) is 0 Å². The second-order valence-corrected chi connectivity index (χ2v) is 4.17. The minimum atomic E-state index is -4.62. The third-order valence-corrected chi connectivity index (χ3v) is 2.18. The molecule has 0 aromatic heterocycles. The molecule has 1 rings (SSSR count). The molecule has 0 saturated heterocycles. The van der Waals surface area contributed by atoms with E-state index in [2.05, 4.69) is 10.0 Å². The van der Waals surface area contributed by atoms with E-state index >= 15 is 0 Å². The highest BCUT2D eigenvalue weighted by Crippen LogP contribution is 2.21. The fraction of sp³-hybridized carbons (Fsp3) is 0.143. The van der Waals surface area contributed by atoms with Crippen LogP contribution in [0.2, 0.25) is 0 Å². The topological polar surface area (TPSA) is 109 Å². The molecular formula is C7H7FN4O2S. The van der Waals surface area contributed by atoms with Gasteiger partial charge in [0.25, 0.3) is 0 Å². The van der Waals surface area contributed by atoms with Crippen LogP contribution in [0, 0.1) is 0 Å². The summed E-state index contributed by atoms with van der Waals surface area (Å²) >= 11 is 0. The number of anilines is 1. The maximum absolute atomic E-state index is 12.4. The van der Waals surface area contributed by atoms with Crippen molar-refractivity contribution >= 4 is 21.6 Å². The van der Waals surface area contributed by atoms with Gasteiger partial charge in [0.1, 0.15) is 5.75 Å². The standard InChI is InChI=1S/C7H7FN4O2S/c8-15(13,14)4-5-1-6(9)3-7(2-5)11-12-10/h1-3H,4,9H2. The van der Waals surface area contributed by atoms with Gasteiger partial charge in [-0.3, -0.25) is 0 Å². The van der Waals surface area contributed by atoms with E-state index in [1.807, 2.05) is 0 Å². The minimum absolute atomic E-state index is 0.139. The monoisotopic (exact) mass is 230 g/mol. The molecule has 15 heavy (non-hydrogen) atoms. The zero-order valence-electron chi connectivity index (χ0n) is 7.46. The van der Waals surface area contributed by atoms with Crippen LogP contribution in [-0.2, 0) is 16.0 Å². The van der Waals surface area contributed by atoms with Crippen molar-refractivity contribution in [3.05, 3.63) is 34.2 Å². The molecule has 0 amide bonds. The lowest BCUT2D eigenvalue weighted by Gasteiger charge is -2.01. The number of nitrogens with zero attached hydrogens (tertiary/aromatic N) is 3. The van der Waals surface area contributed by atoms with E-state index in [0.29, 0.717) is 0 Å². The van der Waals surface area contributed by atoms with Crippen molar-refractivity contribution in [2.75, 3.05) is 5.73 Å². The normalized spacial score (nSPS) is 10.7. The van der Waals surface area contributed by atoms with Crippen LogP contribution < -0.4 is 5.73 Å². The molecule has 0 fully saturated rings. The smallest absolute Gasteiger partial charge is 0.306 e. The quantitative estimate of drug-likeness (QED) is 0.282. The second-order valence-electron chi connectivity index (χ2n) is 2.81. The highest BCUT2D eigenvalue weighted by molar-refractivity contribution is 7.85. The Bertz CT molecular complexity index is 522. The molecule has 0 saturated carbocycles. The summed E-state index contributed by atoms with van der Waals surface area (Å²) < 4.78 is 33.1. The predicted octanol–water partition coefficient (Wildman–Crippen LogP) is 2.01. The molecule has 2 N–H and O–H groups in total. The summed E-state index contributed by atoms with van der Waals surface area (Å²) in [4.78, 5) is 2.51. The fourth-order valence-corrected chi connectivity index (χ4v) is 1.66. The Hall–Kier alpha value is -1.79. The average molecular weight is 230 g/mol. The first-order valence-corrected chi connectivity index (χ1v) is 5.33. The van der Waals surface area contributed by atoms with Crippen LogP contribution in [0.4, 0.5) is 15.3 Å². The summed E-state index contributed by atoms with van der Waals surface area (Å²) in [6.45, 7) is 0. The molecule has 0 atom stereocenters. The van der Waals surface area contributed by atoms with E-state index in [1.54, 1.807) is 0 Å². The Kier molecular flexibility index (Phi) is 3.13. The molecule has 0 aliphatic rings. The first kappa shape index (κ1) is 11.3. The van der Waals surface area contributed by atoms with Gasteiger partial charge in [-0.1, -0.05) is 5.11 Å². The van der Waals surface area contributed by atoms with Crippen molar-refractivity contribution in [2.24, 2.45) is 5.11 Å². The van der Waals surface area contributed by atoms with Crippen molar-refractivity contribution in [2.45, 2.75) is 5.75 Å². The summed E-state index contributed by atoms with van der Waals surface area (Å²) in [5.41, 5.74) is 14.1. The van der Waals surface area contributed by atoms with E-state index in [0.717, 1.165) is 0 Å². The summed E-state index contributed by atoms with van der Waals surface area (Å²) in [5.74, 6) is -0.786. The summed E-state index contributed by atoms with van der Waals surface area (Å²) in [6.07, 6.45) is 0. The van der Waals surface area contributed by atoms with E-state index in [-0.39, 0.29) is 16.9 Å². The van der Waals surface area contributed by atoms with E-state index in [1.165, 1.54) is 18.2 Å². The van der Waals surface area contributed by atoms with Gasteiger partial charge in [-0.05, 0) is 29.3 Å². The van der Waals surface area contributed by atoms with Gasteiger partial charge in [-0.15, -0.1) is 3.89 Å². The van der Waals surface area contributed by atoms with E-state index < -0.39 is 16.0 Å². The molecular weight excluding hydrogens is 223 g/mol. The van der Waals surface area contributed by atoms with Crippen molar-refractivity contribution in [1.82, 2.24) is 0 Å². The van der Waals surface area contributed by atoms with Gasteiger partial charge in [0.2, 0.25) is 0 Å². The van der Waals surface area contributed by atoms with E-state index in [4.69, 9.17) is 11.3 Å². The maximum atomic E-state index is 12.4. The van der Waals surface area contributed by atoms with Gasteiger partial charge >= 0.3 is 10.2 Å². The zero-order chi connectivity index (χ0) is 11.5. The highest BCUT2D eigenvalue weighted by atomic mass is 32.3. The minimum Gasteiger partial charge on any atom is -0.399 e. The first-order chi connectivity index (χ1) is 6.90. The summed E-state index contributed by atoms with van der Waals surface area (Å²) in [6, 6.07) is 3.91. The Labute approximate surface area is 85.4 Å². The molecule has 0 spiro atoms. The lowest BCUT2D eigenvalue weighted by atomic mass is 10.2. The highest BCUT2D eigenvalue weighted by Gasteiger charge is 2.09. The average Bonchev–Trinajstić information content (AvgIpc) is 1.99. The number of azide groups is 1. The Morgan fingerprint density at radius 3 is 2.67 bits per heavy atom. The van der Waals surface area contributed by atoms with Crippen LogP contribution >= 0.6 is 0 Å². The molecule has 80 valence electrons. The summed E-state index contributed by atoms with van der Waals surface area (Å²) in [5, 5.41) is 3.24. The lowest BCUT2D eigenvalue weighted by molar-refractivity contribution is 0.551. The van der Waals surface area contributed by atoms with Crippen molar-refractivity contribution in [3.8, 4) is 0 Å². The van der Waals surface area contributed by atoms with Crippen LogP contribution in [0.25, 0.3) is 10.4 Å². The number of halogens is 1. The SMILES string of the molecule is [N-]=[N+]=Nc1cc(N)cc(CS(=O)(=O)F)c1. The number of hydrogen-bond acceptors (Lipinski definition) is 4. The van der Waals surface area contributed by atoms with Crippen LogP contribution in [0.3, 0.4) is 0 Å². The molecule has 0 bridgehead atoms. The van der Waals surface area contributed by atoms with Crippen LogP contribution in [0.1, 0.15) is 5.56 Å². The van der Waals surface area contributed by atoms with Crippen LogP contribution in [0.5, 0.6) is 0 Å². The first-order valence-electron chi connectivity index (χ1n) is 3.77. The maximum Gasteiger partial charge on any atom is 0.306 e. The second kappa shape index (κ2) is 4.16. The molecule has 8 heteroatoms. The number of nitrogens with two attached hydrogens (primary N) is 1. The van der Waals surface area contributed by atoms with Gasteiger partial charge in [-0.2, -0.15) is 8.42 Å². The Balaban J connectivity index is 3.14. The largest absolute Gasteiger partial charge is 0.399 e. The Morgan fingerprint density at radius 2 is 2.13 bits per heavy atom. The molecule has 0 aliphatic carbocycles. The van der Waals surface area contributed by atoms with Gasteiger partial charge in [0.15, 0.2) is 0 Å². The van der Waals surface area contributed by atoms with Crippen molar-refractivity contribution in [1.29, 1.82) is 0 Å². The van der Waals surface area contributed by atoms with Gasteiger partial charge in [0, 0.05) is 16.3 Å². The number of nitrogen functional groups attached to an aromatic ring is 1. The Morgan fingerprint density at radius 1 is 1.47 bits per heavy atom. The van der Waals surface area contributed by atoms with Gasteiger partial charge in [-0.25, -0.2) is 0 Å². The fourth-order valence-electron chi connectivity index (χ4n) is 1.09. The summed E-state index contributed by atoms with van der Waals surface area (Å²) in [7, 11) is -4.62. The van der Waals surface area contributed by atoms with Crippen LogP contribution in [0.15, 0.2) is 23.3 Å². The third kappa shape index (κ3) is 3.84. The predicted molar refractivity (Wildman–Crippen MR) is 53.4 cm³/mol. The third-order valence-electron chi connectivity index (χ3n) is 1.50. The molecule has 0 aliphatic heterocycles. The van der Waals surface area contributed by atoms with Crippen molar-refractivity contribution in [3.63, 3.8) is 0 Å². The molecule has 6 nitrogen and oxygen atoms in total. The number of rotatable bonds is 3. The zero-order valence-corrected chi connectivity index (χ0v) is 8.28. The molecule has 0 heterocycles. The lowest BCUT2D eigenvalue weighted by Crippen LogP contribution is -1.97. The number of benzene rings is 1. The van der Waals surface area contributed by atoms with Crippen molar-refractivity contribution < 1.29 is 12.3 Å². The van der Waals surface area contributed by atoms with Gasteiger partial charge < -0.3 is 5.73 Å². The molecule has 1 aromatic rings. The molecule has 0 unspecified atom stereocenters. The molecule has 0 radical (unpaired) electrons. The van der Waals surface area contributed by atoms with Crippen LogP contribution in [-0.4, -0.2) is 8.42 Å². The van der Waals surface area contributed by atoms with E-state index in [9.17, 15) is 12.3 Å². The molecule has 1 aromatic carbocycles.